The van der Waals surface area contributed by atoms with Crippen molar-refractivity contribution in [2.24, 2.45) is 0 Å². The molecular formula is C11H14N4O2. The highest BCUT2D eigenvalue weighted by Gasteiger charge is 2.42. The molecule has 2 amide bonds. The van der Waals surface area contributed by atoms with Gasteiger partial charge in [-0.25, -0.2) is 10.4 Å². The lowest BCUT2D eigenvalue weighted by molar-refractivity contribution is -0.128. The van der Waals surface area contributed by atoms with Gasteiger partial charge in [0.25, 0.3) is 11.8 Å². The van der Waals surface area contributed by atoms with Gasteiger partial charge in [-0.2, -0.15) is 0 Å². The fraction of sp³-hybridized carbons (Fsp3) is 0.455. The fourth-order valence-corrected chi connectivity index (χ4v) is 2.22. The van der Waals surface area contributed by atoms with Crippen LogP contribution in [0.2, 0.25) is 1.41 Å². The molecule has 0 bridgehead atoms. The SMILES string of the molecule is [2H]N1CC=C2NC3=C(CN(C(C)C)C3=O)C(=O)N21. The summed E-state index contributed by atoms with van der Waals surface area (Å²) in [7, 11) is 0. The topological polar surface area (TPSA) is 64.7 Å². The summed E-state index contributed by atoms with van der Waals surface area (Å²) in [5.41, 5.74) is 1.90. The first-order chi connectivity index (χ1) is 8.50. The number of amides is 2. The summed E-state index contributed by atoms with van der Waals surface area (Å²) in [5.74, 6) is 0.0871. The zero-order valence-electron chi connectivity index (χ0n) is 10.7. The molecule has 0 saturated heterocycles. The monoisotopic (exact) mass is 235 g/mol. The molecule has 3 aliphatic rings. The highest BCUT2D eigenvalue weighted by molar-refractivity contribution is 6.10. The van der Waals surface area contributed by atoms with Gasteiger partial charge in [-0.3, -0.25) is 9.59 Å². The molecule has 0 saturated carbocycles. The van der Waals surface area contributed by atoms with Gasteiger partial charge in [-0.15, -0.1) is 0 Å². The lowest BCUT2D eigenvalue weighted by Gasteiger charge is -2.26. The minimum absolute atomic E-state index is 0.0497. The molecule has 3 heterocycles. The lowest BCUT2D eigenvalue weighted by Crippen LogP contribution is -2.46. The third kappa shape index (κ3) is 1.30. The van der Waals surface area contributed by atoms with Gasteiger partial charge in [-0.05, 0) is 19.9 Å². The van der Waals surface area contributed by atoms with E-state index in [0.29, 0.717) is 30.2 Å². The van der Waals surface area contributed by atoms with E-state index in [0.717, 1.165) is 5.42 Å². The second-order valence-corrected chi connectivity index (χ2v) is 4.54. The van der Waals surface area contributed by atoms with Crippen LogP contribution in [0.5, 0.6) is 0 Å². The van der Waals surface area contributed by atoms with Crippen LogP contribution in [0.3, 0.4) is 0 Å². The molecule has 0 unspecified atom stereocenters. The Morgan fingerprint density at radius 3 is 2.88 bits per heavy atom. The van der Waals surface area contributed by atoms with Crippen LogP contribution in [-0.2, 0) is 9.59 Å². The first kappa shape index (κ1) is 9.23. The first-order valence-electron chi connectivity index (χ1n) is 6.07. The van der Waals surface area contributed by atoms with Gasteiger partial charge in [0.15, 0.2) is 0 Å². The predicted octanol–water partition coefficient (Wildman–Crippen LogP) is -0.717. The molecule has 3 rings (SSSR count). The summed E-state index contributed by atoms with van der Waals surface area (Å²) in [6.45, 7) is 4.49. The van der Waals surface area contributed by atoms with Crippen molar-refractivity contribution in [2.45, 2.75) is 19.9 Å². The Kier molecular flexibility index (Phi) is 1.81. The number of carbonyl (C=O) groups is 2. The van der Waals surface area contributed by atoms with Crippen molar-refractivity contribution in [3.8, 4) is 0 Å². The molecule has 0 aliphatic carbocycles. The van der Waals surface area contributed by atoms with Crippen LogP contribution >= 0.6 is 0 Å². The Hall–Kier alpha value is -1.82. The molecule has 3 aliphatic heterocycles. The van der Waals surface area contributed by atoms with Crippen molar-refractivity contribution in [3.63, 3.8) is 0 Å². The minimum Gasteiger partial charge on any atom is -0.336 e. The van der Waals surface area contributed by atoms with E-state index in [-0.39, 0.29) is 17.9 Å². The van der Waals surface area contributed by atoms with E-state index in [4.69, 9.17) is 1.41 Å². The van der Waals surface area contributed by atoms with Gasteiger partial charge in [-0.1, -0.05) is 0 Å². The molecule has 0 aromatic rings. The molecule has 0 spiro atoms. The summed E-state index contributed by atoms with van der Waals surface area (Å²) >= 11 is 0. The third-order valence-corrected chi connectivity index (χ3v) is 3.17. The number of nitrogens with zero attached hydrogens (tertiary/aromatic N) is 2. The second kappa shape index (κ2) is 3.33. The van der Waals surface area contributed by atoms with Crippen LogP contribution < -0.4 is 10.7 Å². The van der Waals surface area contributed by atoms with Gasteiger partial charge in [0.05, 0.1) is 12.1 Å². The number of nitrogens with one attached hydrogen (secondary N) is 2. The molecular weight excluding hydrogens is 220 g/mol. The summed E-state index contributed by atoms with van der Waals surface area (Å²) in [6.07, 6.45) is 1.72. The first-order valence-corrected chi connectivity index (χ1v) is 5.62. The maximum absolute atomic E-state index is 12.3. The number of hydrogen-bond donors (Lipinski definition) is 2. The smallest absolute Gasteiger partial charge is 0.274 e. The molecule has 6 heteroatoms. The Morgan fingerprint density at radius 2 is 2.18 bits per heavy atom. The second-order valence-electron chi connectivity index (χ2n) is 4.54. The Balaban J connectivity index is 1.97. The van der Waals surface area contributed by atoms with Crippen molar-refractivity contribution in [1.82, 2.24) is 20.6 Å². The molecule has 0 radical (unpaired) electrons. The van der Waals surface area contributed by atoms with Crippen LogP contribution in [0.15, 0.2) is 23.2 Å². The summed E-state index contributed by atoms with van der Waals surface area (Å²) in [5, 5.41) is 4.23. The molecule has 90 valence electrons. The number of carbonyl (C=O) groups excluding carboxylic acids is 2. The van der Waals surface area contributed by atoms with Crippen molar-refractivity contribution in [2.75, 3.05) is 13.1 Å². The number of fused-ring (bicyclic) bond motifs is 1. The van der Waals surface area contributed by atoms with E-state index >= 15 is 0 Å². The highest BCUT2D eigenvalue weighted by Crippen LogP contribution is 2.27. The Labute approximate surface area is 100 Å². The quantitative estimate of drug-likeness (QED) is 0.630. The third-order valence-electron chi connectivity index (χ3n) is 3.17. The van der Waals surface area contributed by atoms with Crippen LogP contribution in [0.4, 0.5) is 0 Å². The van der Waals surface area contributed by atoms with Crippen molar-refractivity contribution in [1.29, 1.82) is 0 Å². The molecule has 17 heavy (non-hydrogen) atoms. The Bertz CT molecular complexity index is 511. The minimum atomic E-state index is -0.279. The lowest BCUT2D eigenvalue weighted by atomic mass is 10.2. The average molecular weight is 235 g/mol. The van der Waals surface area contributed by atoms with Gasteiger partial charge in [0.2, 0.25) is 0 Å². The number of hydrogen-bond acceptors (Lipinski definition) is 4. The molecule has 0 aromatic carbocycles. The molecule has 0 aromatic heterocycles. The predicted molar refractivity (Wildman–Crippen MR) is 59.9 cm³/mol. The zero-order chi connectivity index (χ0) is 13.0. The summed E-state index contributed by atoms with van der Waals surface area (Å²) in [4.78, 5) is 26.0. The normalized spacial score (nSPS) is 25.1. The van der Waals surface area contributed by atoms with Gasteiger partial charge >= 0.3 is 0 Å². The van der Waals surface area contributed by atoms with Crippen LogP contribution in [-0.4, -0.2) is 40.9 Å². The largest absolute Gasteiger partial charge is 0.336 e. The number of hydrazine groups is 1. The fourth-order valence-electron chi connectivity index (χ4n) is 2.22. The van der Waals surface area contributed by atoms with Crippen LogP contribution in [0.25, 0.3) is 0 Å². The molecule has 0 fully saturated rings. The maximum Gasteiger partial charge on any atom is 0.274 e. The maximum atomic E-state index is 12.3. The summed E-state index contributed by atoms with van der Waals surface area (Å²) < 4.78 is 7.65. The van der Waals surface area contributed by atoms with Crippen LogP contribution in [0, 0.1) is 0 Å². The molecule has 6 nitrogen and oxygen atoms in total. The average Bonchev–Trinajstić information content (AvgIpc) is 2.83. The van der Waals surface area contributed by atoms with E-state index in [1.54, 1.807) is 11.0 Å². The standard InChI is InChI=1S/C11H14N4O2/c1-6(2)14-5-7-9(11(14)17)13-8-3-4-12-15(8)10(7)16/h3,6,12-13H,4-5H2,1-2H3/i/hD. The van der Waals surface area contributed by atoms with Gasteiger partial charge in [0.1, 0.15) is 12.9 Å². The van der Waals surface area contributed by atoms with E-state index < -0.39 is 0 Å². The van der Waals surface area contributed by atoms with E-state index in [1.165, 1.54) is 5.01 Å². The van der Waals surface area contributed by atoms with Crippen molar-refractivity contribution < 1.29 is 11.0 Å². The number of rotatable bonds is 1. The highest BCUT2D eigenvalue weighted by atomic mass is 16.2. The van der Waals surface area contributed by atoms with Crippen molar-refractivity contribution in [3.05, 3.63) is 23.2 Å². The van der Waals surface area contributed by atoms with E-state index in [9.17, 15) is 9.59 Å². The summed E-state index contributed by atoms with van der Waals surface area (Å²) in [6, 6.07) is 0.0497. The van der Waals surface area contributed by atoms with E-state index in [2.05, 4.69) is 5.32 Å². The zero-order valence-corrected chi connectivity index (χ0v) is 9.73. The Morgan fingerprint density at radius 1 is 1.41 bits per heavy atom. The van der Waals surface area contributed by atoms with Gasteiger partial charge in [0, 0.05) is 12.6 Å². The van der Waals surface area contributed by atoms with Crippen LogP contribution in [0.1, 0.15) is 13.8 Å². The van der Waals surface area contributed by atoms with Gasteiger partial charge < -0.3 is 10.2 Å². The molecule has 0 atom stereocenters. The van der Waals surface area contributed by atoms with E-state index in [1.807, 2.05) is 13.8 Å². The molecule has 2 N–H and O–H groups in total. The van der Waals surface area contributed by atoms with Crippen molar-refractivity contribution >= 4 is 11.8 Å².